The molecule has 1 heterocycles. The van der Waals surface area contributed by atoms with E-state index in [4.69, 9.17) is 5.73 Å². The zero-order valence-electron chi connectivity index (χ0n) is 11.6. The van der Waals surface area contributed by atoms with E-state index in [1.165, 1.54) is 25.0 Å². The molecule has 1 saturated carbocycles. The van der Waals surface area contributed by atoms with Crippen LogP contribution in [0.5, 0.6) is 0 Å². The Balaban J connectivity index is 2.00. The summed E-state index contributed by atoms with van der Waals surface area (Å²) in [6, 6.07) is 0.552. The van der Waals surface area contributed by atoms with Crippen molar-refractivity contribution in [3.63, 3.8) is 0 Å². The predicted octanol–water partition coefficient (Wildman–Crippen LogP) is 2.65. The maximum absolute atomic E-state index is 6.14. The highest BCUT2D eigenvalue weighted by atomic mass is 32.2. The third-order valence-corrected chi connectivity index (χ3v) is 4.86. The smallest absolute Gasteiger partial charge is 0.147 e. The molecule has 2 rings (SSSR count). The highest BCUT2D eigenvalue weighted by Crippen LogP contribution is 2.33. The van der Waals surface area contributed by atoms with Gasteiger partial charge in [0.2, 0.25) is 0 Å². The van der Waals surface area contributed by atoms with Crippen molar-refractivity contribution in [3.8, 4) is 0 Å². The van der Waals surface area contributed by atoms with Crippen LogP contribution in [-0.2, 0) is 13.5 Å². The normalized spacial score (nSPS) is 23.5. The van der Waals surface area contributed by atoms with Crippen LogP contribution < -0.4 is 11.1 Å². The highest BCUT2D eigenvalue weighted by molar-refractivity contribution is 7.99. The average Bonchev–Trinajstić information content (AvgIpc) is 2.89. The number of anilines is 2. The van der Waals surface area contributed by atoms with Crippen LogP contribution in [0.1, 0.15) is 38.8 Å². The molecule has 5 heteroatoms. The summed E-state index contributed by atoms with van der Waals surface area (Å²) < 4.78 is 1.88. The lowest BCUT2D eigenvalue weighted by molar-refractivity contribution is 0.706. The molecule has 1 aliphatic rings. The molecule has 0 spiro atoms. The fourth-order valence-corrected chi connectivity index (χ4v) is 3.82. The molecular weight excluding hydrogens is 244 g/mol. The van der Waals surface area contributed by atoms with Crippen LogP contribution in [0.2, 0.25) is 0 Å². The second kappa shape index (κ2) is 5.87. The molecular formula is C13H24N4S. The van der Waals surface area contributed by atoms with E-state index in [-0.39, 0.29) is 0 Å². The number of hydrogen-bond donors (Lipinski definition) is 2. The summed E-state index contributed by atoms with van der Waals surface area (Å²) in [5, 5.41) is 8.85. The minimum atomic E-state index is 0.552. The number of aromatic nitrogens is 2. The van der Waals surface area contributed by atoms with Crippen molar-refractivity contribution in [1.29, 1.82) is 0 Å². The fraction of sp³-hybridized carbons (Fsp3) is 0.769. The van der Waals surface area contributed by atoms with Crippen molar-refractivity contribution in [2.24, 2.45) is 7.05 Å². The molecule has 102 valence electrons. The zero-order valence-corrected chi connectivity index (χ0v) is 12.4. The van der Waals surface area contributed by atoms with Gasteiger partial charge in [0.25, 0.3) is 0 Å². The first kappa shape index (κ1) is 13.6. The van der Waals surface area contributed by atoms with Gasteiger partial charge in [-0.1, -0.05) is 13.8 Å². The Bertz CT molecular complexity index is 402. The molecule has 1 fully saturated rings. The number of nitrogens with two attached hydrogens (primary N) is 1. The highest BCUT2D eigenvalue weighted by Gasteiger charge is 2.26. The van der Waals surface area contributed by atoms with Gasteiger partial charge >= 0.3 is 0 Å². The summed E-state index contributed by atoms with van der Waals surface area (Å²) in [6.07, 6.45) is 4.68. The van der Waals surface area contributed by atoms with E-state index in [2.05, 4.69) is 36.0 Å². The molecule has 3 N–H and O–H groups in total. The standard InChI is InChI=1S/C13H24N4S/c1-4-11-12(14)13(17(3)16-11)15-9-6-7-10(8-9)18-5-2/h9-10,15H,4-8,14H2,1-3H3. The van der Waals surface area contributed by atoms with Gasteiger partial charge < -0.3 is 11.1 Å². The third kappa shape index (κ3) is 2.76. The summed E-state index contributed by atoms with van der Waals surface area (Å²) >= 11 is 2.08. The van der Waals surface area contributed by atoms with E-state index >= 15 is 0 Å². The summed E-state index contributed by atoms with van der Waals surface area (Å²) in [6.45, 7) is 4.32. The van der Waals surface area contributed by atoms with Gasteiger partial charge in [0.15, 0.2) is 0 Å². The van der Waals surface area contributed by atoms with Crippen LogP contribution in [0, 0.1) is 0 Å². The van der Waals surface area contributed by atoms with Crippen LogP contribution in [0.3, 0.4) is 0 Å². The summed E-state index contributed by atoms with van der Waals surface area (Å²) in [7, 11) is 1.96. The van der Waals surface area contributed by atoms with Gasteiger partial charge in [-0.15, -0.1) is 0 Å². The number of nitrogen functional groups attached to an aromatic ring is 1. The van der Waals surface area contributed by atoms with Gasteiger partial charge in [-0.3, -0.25) is 4.68 Å². The molecule has 1 aliphatic carbocycles. The number of rotatable bonds is 5. The number of aryl methyl sites for hydroxylation is 2. The lowest BCUT2D eigenvalue weighted by Gasteiger charge is -2.15. The Labute approximate surface area is 114 Å². The first-order chi connectivity index (χ1) is 8.65. The van der Waals surface area contributed by atoms with E-state index in [0.717, 1.165) is 28.9 Å². The second-order valence-corrected chi connectivity index (χ2v) is 6.50. The topological polar surface area (TPSA) is 55.9 Å². The Hall–Kier alpha value is -0.840. The van der Waals surface area contributed by atoms with Crippen molar-refractivity contribution in [2.45, 2.75) is 50.8 Å². The zero-order chi connectivity index (χ0) is 13.1. The number of nitrogens with zero attached hydrogens (tertiary/aromatic N) is 2. The SMILES string of the molecule is CCSC1CCC(Nc2c(N)c(CC)nn2C)C1. The number of thioether (sulfide) groups is 1. The van der Waals surface area contributed by atoms with Crippen molar-refractivity contribution in [1.82, 2.24) is 9.78 Å². The van der Waals surface area contributed by atoms with Crippen LogP contribution in [0.15, 0.2) is 0 Å². The Morgan fingerprint density at radius 3 is 2.83 bits per heavy atom. The van der Waals surface area contributed by atoms with E-state index in [1.807, 2.05) is 11.7 Å². The molecule has 0 saturated heterocycles. The Kier molecular flexibility index (Phi) is 4.43. The number of nitrogens with one attached hydrogen (secondary N) is 1. The van der Waals surface area contributed by atoms with Crippen LogP contribution in [0.25, 0.3) is 0 Å². The summed E-state index contributed by atoms with van der Waals surface area (Å²) in [5.74, 6) is 2.21. The van der Waals surface area contributed by atoms with Gasteiger partial charge in [0.1, 0.15) is 5.82 Å². The minimum absolute atomic E-state index is 0.552. The molecule has 1 aromatic heterocycles. The molecule has 0 aliphatic heterocycles. The predicted molar refractivity (Wildman–Crippen MR) is 80.2 cm³/mol. The molecule has 0 aromatic carbocycles. The monoisotopic (exact) mass is 268 g/mol. The maximum atomic E-state index is 6.14. The van der Waals surface area contributed by atoms with Gasteiger partial charge in [-0.2, -0.15) is 16.9 Å². The van der Waals surface area contributed by atoms with Crippen molar-refractivity contribution in [3.05, 3.63) is 5.69 Å². The van der Waals surface area contributed by atoms with Crippen LogP contribution in [-0.4, -0.2) is 26.8 Å². The first-order valence-corrected chi connectivity index (χ1v) is 7.90. The van der Waals surface area contributed by atoms with Gasteiger partial charge in [-0.25, -0.2) is 0 Å². The van der Waals surface area contributed by atoms with Gasteiger partial charge in [0.05, 0.1) is 11.4 Å². The lowest BCUT2D eigenvalue weighted by atomic mass is 10.2. The van der Waals surface area contributed by atoms with Crippen LogP contribution >= 0.6 is 11.8 Å². The molecule has 0 amide bonds. The van der Waals surface area contributed by atoms with E-state index in [1.54, 1.807) is 0 Å². The van der Waals surface area contributed by atoms with Crippen molar-refractivity contribution < 1.29 is 0 Å². The van der Waals surface area contributed by atoms with Gasteiger partial charge in [0, 0.05) is 18.3 Å². The Morgan fingerprint density at radius 1 is 1.44 bits per heavy atom. The summed E-state index contributed by atoms with van der Waals surface area (Å²) in [4.78, 5) is 0. The van der Waals surface area contributed by atoms with Crippen molar-refractivity contribution >= 4 is 23.3 Å². The van der Waals surface area contributed by atoms with E-state index in [0.29, 0.717) is 6.04 Å². The molecule has 4 nitrogen and oxygen atoms in total. The molecule has 18 heavy (non-hydrogen) atoms. The lowest BCUT2D eigenvalue weighted by Crippen LogP contribution is -2.19. The Morgan fingerprint density at radius 2 is 2.22 bits per heavy atom. The van der Waals surface area contributed by atoms with Crippen molar-refractivity contribution in [2.75, 3.05) is 16.8 Å². The second-order valence-electron chi connectivity index (χ2n) is 4.92. The minimum Gasteiger partial charge on any atom is -0.394 e. The van der Waals surface area contributed by atoms with Crippen LogP contribution in [0.4, 0.5) is 11.5 Å². The van der Waals surface area contributed by atoms with E-state index in [9.17, 15) is 0 Å². The molecule has 0 radical (unpaired) electrons. The molecule has 0 bridgehead atoms. The van der Waals surface area contributed by atoms with Gasteiger partial charge in [-0.05, 0) is 31.4 Å². The maximum Gasteiger partial charge on any atom is 0.147 e. The average molecular weight is 268 g/mol. The number of hydrogen-bond acceptors (Lipinski definition) is 4. The quantitative estimate of drug-likeness (QED) is 0.862. The molecule has 2 atom stereocenters. The molecule has 2 unspecified atom stereocenters. The fourth-order valence-electron chi connectivity index (χ4n) is 2.68. The largest absolute Gasteiger partial charge is 0.394 e. The summed E-state index contributed by atoms with van der Waals surface area (Å²) in [5.41, 5.74) is 7.96. The van der Waals surface area contributed by atoms with E-state index < -0.39 is 0 Å². The third-order valence-electron chi connectivity index (χ3n) is 3.62. The first-order valence-electron chi connectivity index (χ1n) is 6.85. The molecule has 1 aromatic rings.